The number of aromatic amines is 1. The molecule has 1 aromatic carbocycles. The van der Waals surface area contributed by atoms with Crippen molar-refractivity contribution in [3.63, 3.8) is 0 Å². The van der Waals surface area contributed by atoms with E-state index in [2.05, 4.69) is 20.9 Å². The standard InChI is InChI=1S/C21H29N5O5S/c1-12(25-18(27)11-24-20(29)15(22)7-8-32-2)19(28)26-17(21(30)31)9-13-10-23-16-6-4-3-5-14(13)16/h3-6,10,12,15,17,23H,7-9,11,22H2,1-2H3,(H,24,29)(H,25,27)(H,26,28)(H,30,31). The highest BCUT2D eigenvalue weighted by Crippen LogP contribution is 2.19. The summed E-state index contributed by atoms with van der Waals surface area (Å²) >= 11 is 1.56. The Bertz CT molecular complexity index is 963. The Balaban J connectivity index is 1.86. The van der Waals surface area contributed by atoms with Crippen LogP contribution in [0.15, 0.2) is 30.5 Å². The maximum atomic E-state index is 12.4. The van der Waals surface area contributed by atoms with Crippen molar-refractivity contribution in [1.29, 1.82) is 0 Å². The number of benzene rings is 1. The van der Waals surface area contributed by atoms with Gasteiger partial charge in [0, 0.05) is 23.5 Å². The molecule has 0 radical (unpaired) electrons. The number of aliphatic carboxylic acids is 1. The molecule has 0 saturated carbocycles. The van der Waals surface area contributed by atoms with E-state index in [0.29, 0.717) is 6.42 Å². The summed E-state index contributed by atoms with van der Waals surface area (Å²) in [4.78, 5) is 51.1. The average molecular weight is 464 g/mol. The van der Waals surface area contributed by atoms with Crippen LogP contribution in [0.3, 0.4) is 0 Å². The van der Waals surface area contributed by atoms with Crippen molar-refractivity contribution in [2.45, 2.75) is 37.9 Å². The van der Waals surface area contributed by atoms with E-state index >= 15 is 0 Å². The predicted octanol–water partition coefficient (Wildman–Crippen LogP) is -0.0189. The van der Waals surface area contributed by atoms with Crippen LogP contribution >= 0.6 is 11.8 Å². The van der Waals surface area contributed by atoms with E-state index in [0.717, 1.165) is 22.2 Å². The molecule has 0 aliphatic rings. The highest BCUT2D eigenvalue weighted by Gasteiger charge is 2.25. The number of aromatic nitrogens is 1. The number of H-pyrrole nitrogens is 1. The zero-order valence-electron chi connectivity index (χ0n) is 18.0. The highest BCUT2D eigenvalue weighted by atomic mass is 32.2. The molecule has 1 heterocycles. The first kappa shape index (κ1) is 25.2. The largest absolute Gasteiger partial charge is 0.480 e. The number of hydrogen-bond donors (Lipinski definition) is 6. The van der Waals surface area contributed by atoms with Crippen molar-refractivity contribution in [3.05, 3.63) is 36.0 Å². The minimum atomic E-state index is -1.19. The van der Waals surface area contributed by atoms with E-state index in [1.54, 1.807) is 18.0 Å². The molecule has 2 aromatic rings. The Labute approximate surface area is 190 Å². The lowest BCUT2D eigenvalue weighted by molar-refractivity contribution is -0.142. The SMILES string of the molecule is CSCCC(N)C(=O)NCC(=O)NC(C)C(=O)NC(Cc1c[nH]c2ccccc12)C(=O)O. The van der Waals surface area contributed by atoms with Crippen LogP contribution in [0.5, 0.6) is 0 Å². The third kappa shape index (κ3) is 7.27. The van der Waals surface area contributed by atoms with Crippen LogP contribution in [0.4, 0.5) is 0 Å². The zero-order valence-corrected chi connectivity index (χ0v) is 18.8. The quantitative estimate of drug-likeness (QED) is 0.257. The molecule has 3 amide bonds. The van der Waals surface area contributed by atoms with Gasteiger partial charge < -0.3 is 31.8 Å². The first-order chi connectivity index (χ1) is 15.2. The molecule has 0 fully saturated rings. The average Bonchev–Trinajstić information content (AvgIpc) is 3.17. The molecule has 7 N–H and O–H groups in total. The number of amides is 3. The molecule has 0 spiro atoms. The lowest BCUT2D eigenvalue weighted by atomic mass is 10.0. The van der Waals surface area contributed by atoms with Gasteiger partial charge in [-0.05, 0) is 37.0 Å². The summed E-state index contributed by atoms with van der Waals surface area (Å²) in [6.07, 6.45) is 4.18. The molecule has 3 atom stereocenters. The molecule has 174 valence electrons. The Morgan fingerprint density at radius 1 is 1.16 bits per heavy atom. The van der Waals surface area contributed by atoms with Crippen molar-refractivity contribution < 1.29 is 24.3 Å². The van der Waals surface area contributed by atoms with E-state index in [1.165, 1.54) is 6.92 Å². The first-order valence-electron chi connectivity index (χ1n) is 10.1. The van der Waals surface area contributed by atoms with Crippen LogP contribution < -0.4 is 21.7 Å². The second-order valence-corrected chi connectivity index (χ2v) is 8.34. The summed E-state index contributed by atoms with van der Waals surface area (Å²) in [5.41, 5.74) is 7.36. The number of para-hydroxylation sites is 1. The maximum Gasteiger partial charge on any atom is 0.326 e. The fourth-order valence-electron chi connectivity index (χ4n) is 3.05. The predicted molar refractivity (Wildman–Crippen MR) is 123 cm³/mol. The van der Waals surface area contributed by atoms with Crippen LogP contribution in [0.2, 0.25) is 0 Å². The molecule has 0 bridgehead atoms. The zero-order chi connectivity index (χ0) is 23.7. The number of carbonyl (C=O) groups is 4. The Morgan fingerprint density at radius 2 is 1.88 bits per heavy atom. The van der Waals surface area contributed by atoms with Gasteiger partial charge in [-0.2, -0.15) is 11.8 Å². The molecule has 2 rings (SSSR count). The van der Waals surface area contributed by atoms with E-state index < -0.39 is 41.8 Å². The third-order valence-corrected chi connectivity index (χ3v) is 5.52. The van der Waals surface area contributed by atoms with Crippen molar-refractivity contribution in [2.24, 2.45) is 5.73 Å². The lowest BCUT2D eigenvalue weighted by Crippen LogP contribution is -2.53. The van der Waals surface area contributed by atoms with Crippen LogP contribution in [-0.4, -0.2) is 70.5 Å². The number of carboxylic acids is 1. The number of thioether (sulfide) groups is 1. The first-order valence-corrected chi connectivity index (χ1v) is 11.5. The number of fused-ring (bicyclic) bond motifs is 1. The van der Waals surface area contributed by atoms with Gasteiger partial charge in [-0.1, -0.05) is 18.2 Å². The summed E-state index contributed by atoms with van der Waals surface area (Å²) in [5.74, 6) is -2.14. The van der Waals surface area contributed by atoms with Gasteiger partial charge in [0.15, 0.2) is 0 Å². The Hall–Kier alpha value is -3.05. The molecule has 10 nitrogen and oxygen atoms in total. The maximum absolute atomic E-state index is 12.4. The van der Waals surface area contributed by atoms with Gasteiger partial charge in [0.2, 0.25) is 17.7 Å². The molecule has 11 heteroatoms. The molecule has 1 aromatic heterocycles. The Kier molecular flexibility index (Phi) is 9.54. The van der Waals surface area contributed by atoms with E-state index in [9.17, 15) is 24.3 Å². The molecule has 3 unspecified atom stereocenters. The smallest absolute Gasteiger partial charge is 0.326 e. The van der Waals surface area contributed by atoms with Gasteiger partial charge in [-0.3, -0.25) is 14.4 Å². The van der Waals surface area contributed by atoms with Crippen molar-refractivity contribution in [1.82, 2.24) is 20.9 Å². The summed E-state index contributed by atoms with van der Waals surface area (Å²) in [5, 5.41) is 17.7. The van der Waals surface area contributed by atoms with E-state index in [1.807, 2.05) is 30.5 Å². The van der Waals surface area contributed by atoms with Crippen LogP contribution in [-0.2, 0) is 25.6 Å². The molecule has 0 saturated heterocycles. The van der Waals surface area contributed by atoms with Gasteiger partial charge in [0.1, 0.15) is 12.1 Å². The normalized spacial score (nSPS) is 13.7. The van der Waals surface area contributed by atoms with Crippen molar-refractivity contribution >= 4 is 46.4 Å². The van der Waals surface area contributed by atoms with Crippen molar-refractivity contribution in [3.8, 4) is 0 Å². The monoisotopic (exact) mass is 463 g/mol. The fraction of sp³-hybridized carbons (Fsp3) is 0.429. The number of carbonyl (C=O) groups excluding carboxylic acids is 3. The minimum absolute atomic E-state index is 0.0791. The van der Waals surface area contributed by atoms with E-state index in [4.69, 9.17) is 5.73 Å². The number of rotatable bonds is 12. The van der Waals surface area contributed by atoms with Crippen LogP contribution in [0.25, 0.3) is 10.9 Å². The summed E-state index contributed by atoms with van der Waals surface area (Å²) in [6, 6.07) is 4.58. The van der Waals surface area contributed by atoms with Gasteiger partial charge in [0.05, 0.1) is 12.6 Å². The fourth-order valence-corrected chi connectivity index (χ4v) is 3.54. The molecule has 0 aliphatic carbocycles. The molecular weight excluding hydrogens is 434 g/mol. The molecule has 0 aliphatic heterocycles. The second-order valence-electron chi connectivity index (χ2n) is 7.36. The number of nitrogens with one attached hydrogen (secondary N) is 4. The van der Waals surface area contributed by atoms with Gasteiger partial charge in [-0.15, -0.1) is 0 Å². The van der Waals surface area contributed by atoms with Gasteiger partial charge in [0.25, 0.3) is 0 Å². The Morgan fingerprint density at radius 3 is 2.56 bits per heavy atom. The van der Waals surface area contributed by atoms with Crippen LogP contribution in [0.1, 0.15) is 18.9 Å². The number of nitrogens with two attached hydrogens (primary N) is 1. The second kappa shape index (κ2) is 12.1. The highest BCUT2D eigenvalue weighted by molar-refractivity contribution is 7.98. The lowest BCUT2D eigenvalue weighted by Gasteiger charge is -2.19. The van der Waals surface area contributed by atoms with Crippen LogP contribution in [0, 0.1) is 0 Å². The molecule has 32 heavy (non-hydrogen) atoms. The van der Waals surface area contributed by atoms with Gasteiger partial charge in [-0.25, -0.2) is 4.79 Å². The topological polar surface area (TPSA) is 166 Å². The summed E-state index contributed by atoms with van der Waals surface area (Å²) in [7, 11) is 0. The number of carboxylic acid groups (broad SMARTS) is 1. The molecular formula is C21H29N5O5S. The van der Waals surface area contributed by atoms with Gasteiger partial charge >= 0.3 is 5.97 Å². The minimum Gasteiger partial charge on any atom is -0.480 e. The third-order valence-electron chi connectivity index (χ3n) is 4.88. The number of hydrogen-bond acceptors (Lipinski definition) is 6. The van der Waals surface area contributed by atoms with Crippen molar-refractivity contribution in [2.75, 3.05) is 18.6 Å². The summed E-state index contributed by atoms with van der Waals surface area (Å²) in [6.45, 7) is 1.10. The van der Waals surface area contributed by atoms with E-state index in [-0.39, 0.29) is 13.0 Å². The summed E-state index contributed by atoms with van der Waals surface area (Å²) < 4.78 is 0.